The Morgan fingerprint density at radius 3 is 2.38 bits per heavy atom. The van der Waals surface area contributed by atoms with Crippen molar-refractivity contribution in [2.24, 2.45) is 5.92 Å². The Morgan fingerprint density at radius 2 is 1.79 bits per heavy atom. The number of halogens is 1. The normalized spacial score (nSPS) is 15.4. The molecule has 0 radical (unpaired) electrons. The molecule has 0 N–H and O–H groups in total. The van der Waals surface area contributed by atoms with Crippen molar-refractivity contribution in [1.29, 1.82) is 0 Å². The van der Waals surface area contributed by atoms with Crippen LogP contribution in [0.15, 0.2) is 24.3 Å². The fraction of sp³-hybridized carbons (Fsp3) is 0.579. The van der Waals surface area contributed by atoms with E-state index in [4.69, 9.17) is 0 Å². The number of carbonyl (C=O) groups excluding carboxylic acids is 2. The second-order valence-electron chi connectivity index (χ2n) is 6.70. The predicted molar refractivity (Wildman–Crippen MR) is 92.0 cm³/mol. The van der Waals surface area contributed by atoms with Crippen LogP contribution >= 0.6 is 0 Å². The Labute approximate surface area is 143 Å². The lowest BCUT2D eigenvalue weighted by atomic mass is 9.99. The van der Waals surface area contributed by atoms with Crippen LogP contribution in [-0.2, 0) is 16.0 Å². The Hall–Kier alpha value is -1.91. The molecule has 0 atom stereocenters. The standard InChI is InChI=1S/C19H27FN2O2/c1-15-7-11-22(12-8-15)19(24)10-14-21(16(2)23)13-9-17-3-5-18(20)6-4-17/h3-6,15H,7-14H2,1-2H3. The topological polar surface area (TPSA) is 40.6 Å². The molecule has 0 spiro atoms. The van der Waals surface area contributed by atoms with Crippen LogP contribution in [0.25, 0.3) is 0 Å². The molecule has 1 aliphatic rings. The molecule has 0 unspecified atom stereocenters. The van der Waals surface area contributed by atoms with Crippen LogP contribution in [-0.4, -0.2) is 47.8 Å². The lowest BCUT2D eigenvalue weighted by molar-refractivity contribution is -0.134. The first-order chi connectivity index (χ1) is 11.5. The number of hydrogen-bond acceptors (Lipinski definition) is 2. The number of likely N-dealkylation sites (tertiary alicyclic amines) is 1. The van der Waals surface area contributed by atoms with E-state index in [0.29, 0.717) is 31.8 Å². The van der Waals surface area contributed by atoms with Gasteiger partial charge in [-0.1, -0.05) is 19.1 Å². The smallest absolute Gasteiger partial charge is 0.224 e. The minimum absolute atomic E-state index is 0.0304. The lowest BCUT2D eigenvalue weighted by Gasteiger charge is -2.31. The van der Waals surface area contributed by atoms with Gasteiger partial charge in [-0.15, -0.1) is 0 Å². The molecule has 2 amide bonds. The molecule has 1 aromatic rings. The molecule has 0 aromatic heterocycles. The zero-order valence-corrected chi connectivity index (χ0v) is 14.6. The molecule has 0 saturated carbocycles. The molecular formula is C19H27FN2O2. The van der Waals surface area contributed by atoms with E-state index < -0.39 is 0 Å². The van der Waals surface area contributed by atoms with E-state index in [1.807, 2.05) is 4.90 Å². The summed E-state index contributed by atoms with van der Waals surface area (Å²) in [4.78, 5) is 27.7. The van der Waals surface area contributed by atoms with Gasteiger partial charge in [0.1, 0.15) is 5.82 Å². The third kappa shape index (κ3) is 5.62. The highest BCUT2D eigenvalue weighted by atomic mass is 19.1. The number of hydrogen-bond donors (Lipinski definition) is 0. The molecule has 2 rings (SSSR count). The molecule has 1 saturated heterocycles. The molecule has 0 bridgehead atoms. The van der Waals surface area contributed by atoms with E-state index in [1.54, 1.807) is 17.0 Å². The Bertz CT molecular complexity index is 551. The molecule has 24 heavy (non-hydrogen) atoms. The minimum atomic E-state index is -0.261. The van der Waals surface area contributed by atoms with Crippen molar-refractivity contribution in [3.05, 3.63) is 35.6 Å². The fourth-order valence-electron chi connectivity index (χ4n) is 2.99. The minimum Gasteiger partial charge on any atom is -0.343 e. The van der Waals surface area contributed by atoms with E-state index >= 15 is 0 Å². The highest BCUT2D eigenvalue weighted by Gasteiger charge is 2.21. The van der Waals surface area contributed by atoms with Gasteiger partial charge in [-0.3, -0.25) is 9.59 Å². The average Bonchev–Trinajstić information content (AvgIpc) is 2.56. The van der Waals surface area contributed by atoms with Crippen molar-refractivity contribution in [2.45, 2.75) is 39.5 Å². The third-order valence-electron chi connectivity index (χ3n) is 4.76. The number of carbonyl (C=O) groups is 2. The van der Waals surface area contributed by atoms with E-state index in [9.17, 15) is 14.0 Å². The molecule has 1 aliphatic heterocycles. The number of piperidine rings is 1. The fourth-order valence-corrected chi connectivity index (χ4v) is 2.99. The van der Waals surface area contributed by atoms with Crippen molar-refractivity contribution < 1.29 is 14.0 Å². The molecule has 1 aromatic carbocycles. The largest absolute Gasteiger partial charge is 0.343 e. The highest BCUT2D eigenvalue weighted by molar-refractivity contribution is 5.78. The van der Waals surface area contributed by atoms with Gasteiger partial charge in [0.2, 0.25) is 11.8 Å². The lowest BCUT2D eigenvalue weighted by Crippen LogP contribution is -2.40. The van der Waals surface area contributed by atoms with Gasteiger partial charge in [-0.25, -0.2) is 4.39 Å². The van der Waals surface area contributed by atoms with Crippen LogP contribution < -0.4 is 0 Å². The van der Waals surface area contributed by atoms with Crippen LogP contribution in [0.2, 0.25) is 0 Å². The van der Waals surface area contributed by atoms with Gasteiger partial charge in [-0.05, 0) is 42.9 Å². The summed E-state index contributed by atoms with van der Waals surface area (Å²) in [5.74, 6) is 0.536. The summed E-state index contributed by atoms with van der Waals surface area (Å²) < 4.78 is 12.9. The quantitative estimate of drug-likeness (QED) is 0.803. The van der Waals surface area contributed by atoms with Crippen LogP contribution in [0.3, 0.4) is 0 Å². The van der Waals surface area contributed by atoms with Crippen molar-refractivity contribution >= 4 is 11.8 Å². The summed E-state index contributed by atoms with van der Waals surface area (Å²) in [6, 6.07) is 6.31. The SMILES string of the molecule is CC(=O)N(CCC(=O)N1CCC(C)CC1)CCc1ccc(F)cc1. The maximum absolute atomic E-state index is 12.9. The summed E-state index contributed by atoms with van der Waals surface area (Å²) in [5, 5.41) is 0. The second kappa shape index (κ2) is 8.81. The second-order valence-corrected chi connectivity index (χ2v) is 6.70. The zero-order valence-electron chi connectivity index (χ0n) is 14.6. The Balaban J connectivity index is 1.79. The molecule has 132 valence electrons. The summed E-state index contributed by atoms with van der Waals surface area (Å²) in [5.41, 5.74) is 0.985. The summed E-state index contributed by atoms with van der Waals surface area (Å²) >= 11 is 0. The number of benzene rings is 1. The number of nitrogens with zero attached hydrogens (tertiary/aromatic N) is 2. The number of rotatable bonds is 6. The highest BCUT2D eigenvalue weighted by Crippen LogP contribution is 2.16. The van der Waals surface area contributed by atoms with Crippen LogP contribution in [0.1, 0.15) is 38.7 Å². The average molecular weight is 334 g/mol. The summed E-state index contributed by atoms with van der Waals surface area (Å²) in [7, 11) is 0. The first kappa shape index (κ1) is 18.4. The summed E-state index contributed by atoms with van der Waals surface area (Å²) in [6.07, 6.45) is 3.16. The Morgan fingerprint density at radius 1 is 1.17 bits per heavy atom. The molecule has 1 heterocycles. The van der Waals surface area contributed by atoms with Gasteiger partial charge >= 0.3 is 0 Å². The van der Waals surface area contributed by atoms with Crippen LogP contribution in [0, 0.1) is 11.7 Å². The first-order valence-electron chi connectivity index (χ1n) is 8.73. The van der Waals surface area contributed by atoms with Gasteiger partial charge in [-0.2, -0.15) is 0 Å². The maximum Gasteiger partial charge on any atom is 0.224 e. The molecule has 4 nitrogen and oxygen atoms in total. The van der Waals surface area contributed by atoms with Gasteiger partial charge in [0, 0.05) is 39.5 Å². The van der Waals surface area contributed by atoms with Crippen molar-refractivity contribution in [3.63, 3.8) is 0 Å². The van der Waals surface area contributed by atoms with E-state index in [0.717, 1.165) is 31.5 Å². The third-order valence-corrected chi connectivity index (χ3v) is 4.76. The molecule has 0 aliphatic carbocycles. The van der Waals surface area contributed by atoms with Gasteiger partial charge < -0.3 is 9.80 Å². The predicted octanol–water partition coefficient (Wildman–Crippen LogP) is 2.87. The van der Waals surface area contributed by atoms with E-state index in [1.165, 1.54) is 19.1 Å². The zero-order chi connectivity index (χ0) is 17.5. The van der Waals surface area contributed by atoms with E-state index in [-0.39, 0.29) is 17.6 Å². The molecule has 1 fully saturated rings. The van der Waals surface area contributed by atoms with Gasteiger partial charge in [0.15, 0.2) is 0 Å². The molecular weight excluding hydrogens is 307 g/mol. The monoisotopic (exact) mass is 334 g/mol. The van der Waals surface area contributed by atoms with Crippen molar-refractivity contribution in [1.82, 2.24) is 9.80 Å². The van der Waals surface area contributed by atoms with Crippen molar-refractivity contribution in [3.8, 4) is 0 Å². The Kier molecular flexibility index (Phi) is 6.76. The van der Waals surface area contributed by atoms with Gasteiger partial charge in [0.05, 0.1) is 0 Å². The van der Waals surface area contributed by atoms with Crippen molar-refractivity contribution in [2.75, 3.05) is 26.2 Å². The van der Waals surface area contributed by atoms with Crippen LogP contribution in [0.4, 0.5) is 4.39 Å². The van der Waals surface area contributed by atoms with Crippen LogP contribution in [0.5, 0.6) is 0 Å². The number of amides is 2. The molecule has 5 heteroatoms. The van der Waals surface area contributed by atoms with Gasteiger partial charge in [0.25, 0.3) is 0 Å². The summed E-state index contributed by atoms with van der Waals surface area (Å²) in [6.45, 7) is 6.39. The first-order valence-corrected chi connectivity index (χ1v) is 8.73. The maximum atomic E-state index is 12.9. The van der Waals surface area contributed by atoms with E-state index in [2.05, 4.69) is 6.92 Å².